The number of nitrogen functional groups attached to an aromatic ring is 1. The third-order valence-electron chi connectivity index (χ3n) is 2.43. The number of ether oxygens (including phenoxy) is 1. The molecule has 0 fully saturated rings. The van der Waals surface area contributed by atoms with Crippen LogP contribution in [0.5, 0.6) is 0 Å². The number of carbonyl (C=O) groups is 1. The van der Waals surface area contributed by atoms with Gasteiger partial charge in [-0.1, -0.05) is 0 Å². The minimum absolute atomic E-state index is 0.109. The molecule has 2 aromatic heterocycles. The molecule has 18 heavy (non-hydrogen) atoms. The molecule has 0 spiro atoms. The van der Waals surface area contributed by atoms with E-state index in [2.05, 4.69) is 9.97 Å². The molecule has 94 valence electrons. The summed E-state index contributed by atoms with van der Waals surface area (Å²) in [6.07, 6.45) is 4.83. The van der Waals surface area contributed by atoms with Gasteiger partial charge in [-0.05, 0) is 19.1 Å². The van der Waals surface area contributed by atoms with Gasteiger partial charge in [0.15, 0.2) is 0 Å². The van der Waals surface area contributed by atoms with Crippen molar-refractivity contribution in [2.24, 2.45) is 0 Å². The molecule has 2 aromatic rings. The molecule has 2 N–H and O–H groups in total. The van der Waals surface area contributed by atoms with Crippen molar-refractivity contribution in [1.82, 2.24) is 14.5 Å². The van der Waals surface area contributed by atoms with E-state index in [-0.39, 0.29) is 12.5 Å². The number of esters is 1. The second-order valence-corrected chi connectivity index (χ2v) is 3.65. The van der Waals surface area contributed by atoms with Crippen LogP contribution in [0, 0.1) is 0 Å². The van der Waals surface area contributed by atoms with Crippen LogP contribution in [0.4, 0.5) is 5.82 Å². The number of nitrogens with two attached hydrogens (primary N) is 1. The molecule has 0 unspecified atom stereocenters. The van der Waals surface area contributed by atoms with Crippen LogP contribution in [0.25, 0.3) is 11.3 Å². The molecule has 0 aromatic carbocycles. The maximum absolute atomic E-state index is 11.5. The third-order valence-corrected chi connectivity index (χ3v) is 2.43. The number of imidazole rings is 1. The van der Waals surface area contributed by atoms with Crippen molar-refractivity contribution in [1.29, 1.82) is 0 Å². The van der Waals surface area contributed by atoms with Crippen molar-refractivity contribution in [2.75, 3.05) is 12.3 Å². The zero-order valence-electron chi connectivity index (χ0n) is 10.0. The molecule has 0 aliphatic carbocycles. The Morgan fingerprint density at radius 1 is 1.56 bits per heavy atom. The second kappa shape index (κ2) is 5.31. The van der Waals surface area contributed by atoms with Gasteiger partial charge in [-0.25, -0.2) is 9.97 Å². The van der Waals surface area contributed by atoms with Crippen LogP contribution in [0.1, 0.15) is 6.92 Å². The first-order chi connectivity index (χ1) is 8.72. The van der Waals surface area contributed by atoms with Crippen LogP contribution in [-0.4, -0.2) is 27.1 Å². The Morgan fingerprint density at radius 3 is 3.11 bits per heavy atom. The van der Waals surface area contributed by atoms with E-state index < -0.39 is 0 Å². The van der Waals surface area contributed by atoms with E-state index in [0.29, 0.717) is 12.4 Å². The van der Waals surface area contributed by atoms with E-state index >= 15 is 0 Å². The highest BCUT2D eigenvalue weighted by Crippen LogP contribution is 2.23. The Bertz CT molecular complexity index is 551. The van der Waals surface area contributed by atoms with E-state index in [1.807, 2.05) is 6.07 Å². The lowest BCUT2D eigenvalue weighted by molar-refractivity contribution is -0.143. The highest BCUT2D eigenvalue weighted by atomic mass is 16.5. The second-order valence-electron chi connectivity index (χ2n) is 3.65. The van der Waals surface area contributed by atoms with E-state index in [1.54, 1.807) is 36.3 Å². The molecule has 2 rings (SSSR count). The van der Waals surface area contributed by atoms with Crippen LogP contribution in [-0.2, 0) is 16.1 Å². The summed E-state index contributed by atoms with van der Waals surface area (Å²) in [5.41, 5.74) is 7.30. The average Bonchev–Trinajstić information content (AvgIpc) is 2.78. The maximum atomic E-state index is 11.5. The Kier molecular flexibility index (Phi) is 3.57. The summed E-state index contributed by atoms with van der Waals surface area (Å²) < 4.78 is 6.59. The van der Waals surface area contributed by atoms with Crippen molar-refractivity contribution < 1.29 is 9.53 Å². The lowest BCUT2D eigenvalue weighted by Crippen LogP contribution is -2.13. The van der Waals surface area contributed by atoms with E-state index in [9.17, 15) is 4.79 Å². The van der Waals surface area contributed by atoms with Gasteiger partial charge in [0.2, 0.25) is 0 Å². The number of rotatable bonds is 4. The number of nitrogens with zero attached hydrogens (tertiary/aromatic N) is 3. The first kappa shape index (κ1) is 12.1. The molecule has 0 saturated heterocycles. The fourth-order valence-electron chi connectivity index (χ4n) is 1.65. The summed E-state index contributed by atoms with van der Waals surface area (Å²) in [5.74, 6) is 0.0994. The molecular weight excluding hydrogens is 232 g/mol. The van der Waals surface area contributed by atoms with Crippen LogP contribution in [0.2, 0.25) is 0 Å². The fraction of sp³-hybridized carbons (Fsp3) is 0.250. The SMILES string of the molecule is CCOC(=O)Cn1cncc1-c1cccnc1N. The molecule has 0 aliphatic heterocycles. The molecule has 2 heterocycles. The monoisotopic (exact) mass is 246 g/mol. The highest BCUT2D eigenvalue weighted by molar-refractivity contribution is 5.74. The van der Waals surface area contributed by atoms with E-state index in [4.69, 9.17) is 10.5 Å². The Labute approximate surface area is 104 Å². The molecule has 0 bridgehead atoms. The molecule has 0 atom stereocenters. The maximum Gasteiger partial charge on any atom is 0.325 e. The number of anilines is 1. The molecule has 0 amide bonds. The summed E-state index contributed by atoms with van der Waals surface area (Å²) >= 11 is 0. The summed E-state index contributed by atoms with van der Waals surface area (Å²) in [7, 11) is 0. The lowest BCUT2D eigenvalue weighted by Gasteiger charge is -2.08. The summed E-state index contributed by atoms with van der Waals surface area (Å²) in [4.78, 5) is 19.5. The molecule has 0 radical (unpaired) electrons. The fourth-order valence-corrected chi connectivity index (χ4v) is 1.65. The first-order valence-electron chi connectivity index (χ1n) is 5.59. The van der Waals surface area contributed by atoms with Gasteiger partial charge < -0.3 is 15.0 Å². The zero-order valence-corrected chi connectivity index (χ0v) is 10.0. The zero-order chi connectivity index (χ0) is 13.0. The smallest absolute Gasteiger partial charge is 0.325 e. The van der Waals surface area contributed by atoms with Crippen LogP contribution in [0.15, 0.2) is 30.9 Å². The first-order valence-corrected chi connectivity index (χ1v) is 5.59. The number of pyridine rings is 1. The van der Waals surface area contributed by atoms with Crippen molar-refractivity contribution in [3.05, 3.63) is 30.9 Å². The molecule has 6 heteroatoms. The van der Waals surface area contributed by atoms with Gasteiger partial charge in [0, 0.05) is 11.8 Å². The molecular formula is C12H14N4O2. The van der Waals surface area contributed by atoms with Crippen LogP contribution in [0.3, 0.4) is 0 Å². The Balaban J connectivity index is 2.28. The van der Waals surface area contributed by atoms with Gasteiger partial charge >= 0.3 is 5.97 Å². The van der Waals surface area contributed by atoms with Gasteiger partial charge in [-0.3, -0.25) is 4.79 Å². The van der Waals surface area contributed by atoms with Gasteiger partial charge in [0.25, 0.3) is 0 Å². The molecule has 6 nitrogen and oxygen atoms in total. The standard InChI is InChI=1S/C12H14N4O2/c1-2-18-11(17)7-16-8-14-6-10(16)9-4-3-5-15-12(9)13/h3-6,8H,2,7H2,1H3,(H2,13,15). The topological polar surface area (TPSA) is 83.0 Å². The summed E-state index contributed by atoms with van der Waals surface area (Å²) in [6, 6.07) is 3.62. The van der Waals surface area contributed by atoms with Crippen molar-refractivity contribution in [3.63, 3.8) is 0 Å². The minimum atomic E-state index is -0.306. The predicted molar refractivity (Wildman–Crippen MR) is 66.5 cm³/mol. The summed E-state index contributed by atoms with van der Waals surface area (Å²) in [5, 5.41) is 0. The van der Waals surface area contributed by atoms with Crippen molar-refractivity contribution >= 4 is 11.8 Å². The highest BCUT2D eigenvalue weighted by Gasteiger charge is 2.11. The van der Waals surface area contributed by atoms with Crippen molar-refractivity contribution in [2.45, 2.75) is 13.5 Å². The van der Waals surface area contributed by atoms with Gasteiger partial charge in [0.1, 0.15) is 12.4 Å². The number of hydrogen-bond acceptors (Lipinski definition) is 5. The third kappa shape index (κ3) is 2.48. The predicted octanol–water partition coefficient (Wildman–Crippen LogP) is 1.09. The molecule has 0 aliphatic rings. The van der Waals surface area contributed by atoms with E-state index in [1.165, 1.54) is 0 Å². The number of hydrogen-bond donors (Lipinski definition) is 1. The van der Waals surface area contributed by atoms with Crippen LogP contribution < -0.4 is 5.73 Å². The van der Waals surface area contributed by atoms with Gasteiger partial charge in [-0.2, -0.15) is 0 Å². The average molecular weight is 246 g/mol. The normalized spacial score (nSPS) is 10.3. The van der Waals surface area contributed by atoms with Gasteiger partial charge in [0.05, 0.1) is 24.8 Å². The molecule has 0 saturated carbocycles. The lowest BCUT2D eigenvalue weighted by atomic mass is 10.2. The quantitative estimate of drug-likeness (QED) is 0.816. The van der Waals surface area contributed by atoms with Crippen molar-refractivity contribution in [3.8, 4) is 11.3 Å². The minimum Gasteiger partial charge on any atom is -0.465 e. The Morgan fingerprint density at radius 2 is 2.39 bits per heavy atom. The Hall–Kier alpha value is -2.37. The largest absolute Gasteiger partial charge is 0.465 e. The van der Waals surface area contributed by atoms with E-state index in [0.717, 1.165) is 11.3 Å². The van der Waals surface area contributed by atoms with Gasteiger partial charge in [-0.15, -0.1) is 0 Å². The number of aromatic nitrogens is 3. The number of carbonyl (C=O) groups excluding carboxylic acids is 1. The van der Waals surface area contributed by atoms with Crippen LogP contribution >= 0.6 is 0 Å². The summed E-state index contributed by atoms with van der Waals surface area (Å²) in [6.45, 7) is 2.24.